The molecule has 0 amide bonds. The van der Waals surface area contributed by atoms with Gasteiger partial charge in [0.05, 0.1) is 18.8 Å². The van der Waals surface area contributed by atoms with Gasteiger partial charge in [-0.1, -0.05) is 0 Å². The molecule has 3 fully saturated rings. The zero-order chi connectivity index (χ0) is 37.8. The van der Waals surface area contributed by atoms with Crippen molar-refractivity contribution in [2.45, 2.75) is 106 Å². The van der Waals surface area contributed by atoms with Crippen molar-refractivity contribution in [2.24, 2.45) is 0 Å². The number of hydrogen-bond donors (Lipinski definition) is 11. The number of phenols is 2. The lowest BCUT2D eigenvalue weighted by Gasteiger charge is -2.45. The van der Waals surface area contributed by atoms with E-state index in [4.69, 9.17) is 32.8 Å². The molecular formula is C33H40O19. The lowest BCUT2D eigenvalue weighted by atomic mass is 9.97. The molecule has 286 valence electrons. The average molecular weight is 741 g/mol. The molecular weight excluding hydrogens is 700 g/mol. The number of ether oxygens (including phenoxy) is 6. The van der Waals surface area contributed by atoms with Gasteiger partial charge in [-0.15, -0.1) is 0 Å². The minimum absolute atomic E-state index is 0.124. The van der Waals surface area contributed by atoms with Crippen molar-refractivity contribution in [3.05, 3.63) is 46.6 Å². The van der Waals surface area contributed by atoms with E-state index in [1.807, 2.05) is 0 Å². The highest BCUT2D eigenvalue weighted by molar-refractivity contribution is 5.88. The fraction of sp³-hybridized carbons (Fsp3) is 0.545. The molecule has 1 aromatic heterocycles. The molecule has 3 aromatic rings. The van der Waals surface area contributed by atoms with Crippen molar-refractivity contribution in [1.82, 2.24) is 0 Å². The number of aliphatic hydroxyl groups is 9. The molecule has 4 heterocycles. The summed E-state index contributed by atoms with van der Waals surface area (Å²) in [6.45, 7) is 1.97. The maximum Gasteiger partial charge on any atom is 0.239 e. The molecule has 0 unspecified atom stereocenters. The molecule has 52 heavy (non-hydrogen) atoms. The normalized spacial score (nSPS) is 38.2. The Morgan fingerprint density at radius 3 is 1.88 bits per heavy atom. The summed E-state index contributed by atoms with van der Waals surface area (Å²) in [7, 11) is 0. The second kappa shape index (κ2) is 15.0. The Kier molecular flexibility index (Phi) is 11.0. The van der Waals surface area contributed by atoms with Crippen LogP contribution < -0.4 is 14.9 Å². The number of fused-ring (bicyclic) bond motifs is 1. The average Bonchev–Trinajstić information content (AvgIpc) is 3.11. The summed E-state index contributed by atoms with van der Waals surface area (Å²) in [4.78, 5) is 14.2. The third-order valence-corrected chi connectivity index (χ3v) is 9.25. The molecule has 6 rings (SSSR count). The van der Waals surface area contributed by atoms with Crippen LogP contribution in [0.5, 0.6) is 23.0 Å². The molecule has 19 nitrogen and oxygen atoms in total. The van der Waals surface area contributed by atoms with Crippen LogP contribution in [0.4, 0.5) is 0 Å². The van der Waals surface area contributed by atoms with Gasteiger partial charge in [0.1, 0.15) is 83.2 Å². The number of rotatable bonds is 8. The molecule has 0 radical (unpaired) electrons. The van der Waals surface area contributed by atoms with E-state index in [-0.39, 0.29) is 28.4 Å². The molecule has 19 heteroatoms. The number of aliphatic hydroxyl groups excluding tert-OH is 9. The van der Waals surface area contributed by atoms with Crippen molar-refractivity contribution in [1.29, 1.82) is 0 Å². The molecule has 11 N–H and O–H groups in total. The minimum atomic E-state index is -1.93. The van der Waals surface area contributed by atoms with E-state index in [1.165, 1.54) is 38.1 Å². The minimum Gasteiger partial charge on any atom is -0.508 e. The predicted octanol–water partition coefficient (Wildman–Crippen LogP) is -2.89. The van der Waals surface area contributed by atoms with Gasteiger partial charge in [-0.25, -0.2) is 0 Å². The first-order valence-corrected chi connectivity index (χ1v) is 16.2. The SMILES string of the molecule is C[C@@H]1O[C@@H](Oc2cc(O)c3c(=O)c(O[C@@H]4O[C@H](CO)[C@H](O)[C@H](O)[C@H]4O[C@@H]4O[C@@H](C)[C@H](O)[C@@H](O)[C@H]4O)c(-c4ccc(O)cc4)oc3c2)[C@H](O)[C@H](O)[C@H]1O. The Morgan fingerprint density at radius 1 is 0.673 bits per heavy atom. The fourth-order valence-electron chi connectivity index (χ4n) is 6.17. The summed E-state index contributed by atoms with van der Waals surface area (Å²) in [5.74, 6) is -2.07. The Labute approximate surface area is 293 Å². The number of aromatic hydroxyl groups is 2. The summed E-state index contributed by atoms with van der Waals surface area (Å²) < 4.78 is 40.1. The van der Waals surface area contributed by atoms with Gasteiger partial charge in [-0.2, -0.15) is 0 Å². The summed E-state index contributed by atoms with van der Waals surface area (Å²) in [5.41, 5.74) is -1.20. The van der Waals surface area contributed by atoms with Crippen LogP contribution in [0, 0.1) is 0 Å². The van der Waals surface area contributed by atoms with E-state index in [0.717, 1.165) is 12.1 Å². The van der Waals surface area contributed by atoms with Gasteiger partial charge >= 0.3 is 0 Å². The highest BCUT2D eigenvalue weighted by Crippen LogP contribution is 2.39. The molecule has 15 atom stereocenters. The standard InChI is InChI=1S/C33H40O19/c1-10-19(37)23(41)26(44)31(46-10)48-14-7-15(36)18-16(8-14)49-28(12-3-5-13(35)6-4-12)29(22(18)40)51-33-30(25(43)21(39)17(9-34)50-33)52-32-27(45)24(42)20(38)11(2)47-32/h3-8,10-11,17,19-21,23-27,30-39,41-45H,9H2,1-2H3/t10-,11-,17+,19-,20-,21-,23+,24+,25-,26+,27+,30+,31-,32-,33-/m0/s1. The maximum atomic E-state index is 14.2. The van der Waals surface area contributed by atoms with Crippen LogP contribution >= 0.6 is 0 Å². The number of phenolic OH excluding ortho intramolecular Hbond substituents is 2. The summed E-state index contributed by atoms with van der Waals surface area (Å²) >= 11 is 0. The third-order valence-electron chi connectivity index (χ3n) is 9.25. The lowest BCUT2D eigenvalue weighted by molar-refractivity contribution is -0.354. The van der Waals surface area contributed by atoms with Crippen LogP contribution in [0.25, 0.3) is 22.3 Å². The zero-order valence-corrected chi connectivity index (χ0v) is 27.5. The molecule has 0 aliphatic carbocycles. The first kappa shape index (κ1) is 38.1. The van der Waals surface area contributed by atoms with Crippen LogP contribution in [-0.2, 0) is 18.9 Å². The van der Waals surface area contributed by atoms with Gasteiger partial charge in [0.15, 0.2) is 18.2 Å². The smallest absolute Gasteiger partial charge is 0.239 e. The quantitative estimate of drug-likeness (QED) is 0.110. The van der Waals surface area contributed by atoms with Crippen molar-refractivity contribution in [3.63, 3.8) is 0 Å². The Bertz CT molecular complexity index is 1770. The largest absolute Gasteiger partial charge is 0.508 e. The second-order valence-electron chi connectivity index (χ2n) is 12.9. The maximum absolute atomic E-state index is 14.2. The van der Waals surface area contributed by atoms with E-state index in [1.54, 1.807) is 0 Å². The van der Waals surface area contributed by atoms with Crippen LogP contribution in [0.2, 0.25) is 0 Å². The number of hydrogen-bond acceptors (Lipinski definition) is 19. The topological polar surface area (TPSA) is 308 Å². The second-order valence-corrected chi connectivity index (χ2v) is 12.9. The van der Waals surface area contributed by atoms with E-state index in [9.17, 15) is 61.0 Å². The molecule has 3 aliphatic rings. The van der Waals surface area contributed by atoms with Crippen molar-refractivity contribution in [2.75, 3.05) is 6.61 Å². The highest BCUT2D eigenvalue weighted by Gasteiger charge is 2.51. The van der Waals surface area contributed by atoms with Gasteiger partial charge in [0, 0.05) is 17.7 Å². The highest BCUT2D eigenvalue weighted by atomic mass is 16.8. The van der Waals surface area contributed by atoms with Gasteiger partial charge in [0.25, 0.3) is 0 Å². The third kappa shape index (κ3) is 7.03. The van der Waals surface area contributed by atoms with Crippen LogP contribution in [0.3, 0.4) is 0 Å². The lowest BCUT2D eigenvalue weighted by Crippen LogP contribution is -2.64. The molecule has 2 aromatic carbocycles. The molecule has 0 spiro atoms. The van der Waals surface area contributed by atoms with Crippen LogP contribution in [0.1, 0.15) is 13.8 Å². The molecule has 0 saturated carbocycles. The Morgan fingerprint density at radius 2 is 1.27 bits per heavy atom. The molecule has 3 aliphatic heterocycles. The zero-order valence-electron chi connectivity index (χ0n) is 27.5. The van der Waals surface area contributed by atoms with Gasteiger partial charge in [-0.05, 0) is 38.1 Å². The van der Waals surface area contributed by atoms with Crippen LogP contribution in [-0.4, -0.2) is 155 Å². The van der Waals surface area contributed by atoms with Crippen molar-refractivity contribution < 1.29 is 89.0 Å². The van der Waals surface area contributed by atoms with Gasteiger partial charge in [0.2, 0.25) is 23.8 Å². The van der Waals surface area contributed by atoms with Crippen molar-refractivity contribution in [3.8, 4) is 34.3 Å². The molecule has 3 saturated heterocycles. The summed E-state index contributed by atoms with van der Waals surface area (Å²) in [6, 6.07) is 7.36. The van der Waals surface area contributed by atoms with Gasteiger partial charge in [-0.3, -0.25) is 4.79 Å². The number of benzene rings is 2. The fourth-order valence-corrected chi connectivity index (χ4v) is 6.17. The Balaban J connectivity index is 1.41. The monoisotopic (exact) mass is 740 g/mol. The van der Waals surface area contributed by atoms with E-state index in [2.05, 4.69) is 0 Å². The first-order chi connectivity index (χ1) is 24.6. The van der Waals surface area contributed by atoms with E-state index in [0.29, 0.717) is 0 Å². The van der Waals surface area contributed by atoms with E-state index >= 15 is 0 Å². The summed E-state index contributed by atoms with van der Waals surface area (Å²) in [5, 5.41) is 114. The molecule has 0 bridgehead atoms. The van der Waals surface area contributed by atoms with Gasteiger partial charge < -0.3 is 89.0 Å². The van der Waals surface area contributed by atoms with E-state index < -0.39 is 121 Å². The summed E-state index contributed by atoms with van der Waals surface area (Å²) in [6.07, 6.45) is -24.1. The Hall–Kier alpha value is -3.67. The first-order valence-electron chi connectivity index (χ1n) is 16.2. The predicted molar refractivity (Wildman–Crippen MR) is 170 cm³/mol. The van der Waals surface area contributed by atoms with Crippen LogP contribution in [0.15, 0.2) is 45.6 Å². The van der Waals surface area contributed by atoms with Crippen molar-refractivity contribution >= 4 is 11.0 Å².